The summed E-state index contributed by atoms with van der Waals surface area (Å²) in [5.41, 5.74) is 6.01. The average molecular weight is 495 g/mol. The Bertz CT molecular complexity index is 892. The maximum atomic E-state index is 12.7. The summed E-state index contributed by atoms with van der Waals surface area (Å²) >= 11 is 0. The molecule has 1 aromatic rings. The van der Waals surface area contributed by atoms with Crippen LogP contribution in [0.15, 0.2) is 24.3 Å². The van der Waals surface area contributed by atoms with Crippen molar-refractivity contribution in [1.29, 1.82) is 0 Å². The second-order valence-corrected chi connectivity index (χ2v) is 7.20. The van der Waals surface area contributed by atoms with Crippen LogP contribution < -0.4 is 27.0 Å². The van der Waals surface area contributed by atoms with Crippen LogP contribution in [-0.2, 0) is 30.5 Å². The van der Waals surface area contributed by atoms with Gasteiger partial charge in [0.05, 0.1) is 6.54 Å². The van der Waals surface area contributed by atoms with E-state index < -0.39 is 42.5 Å². The van der Waals surface area contributed by atoms with E-state index in [4.69, 9.17) is 15.6 Å². The number of rotatable bonds is 15. The van der Waals surface area contributed by atoms with Crippen LogP contribution in [0, 0.1) is 0 Å². The van der Waals surface area contributed by atoms with Crippen molar-refractivity contribution >= 4 is 42.0 Å². The lowest BCUT2D eigenvalue weighted by atomic mass is 10.1. The van der Waals surface area contributed by atoms with Crippen LogP contribution in [0.4, 0.5) is 15.3 Å². The largest absolute Gasteiger partial charge is 0.480 e. The van der Waals surface area contributed by atoms with E-state index in [9.17, 15) is 28.8 Å². The van der Waals surface area contributed by atoms with E-state index >= 15 is 0 Å². The highest BCUT2D eigenvalue weighted by atomic mass is 16.6. The Labute approximate surface area is 201 Å². The second-order valence-electron chi connectivity index (χ2n) is 7.20. The Balaban J connectivity index is 2.69. The smallest absolute Gasteiger partial charge is 0.410 e. The van der Waals surface area contributed by atoms with E-state index in [-0.39, 0.29) is 32.7 Å². The molecule has 1 aromatic carbocycles. The van der Waals surface area contributed by atoms with Gasteiger partial charge >= 0.3 is 18.1 Å². The Hall–Kier alpha value is -4.36. The zero-order valence-corrected chi connectivity index (χ0v) is 19.2. The maximum Gasteiger partial charge on any atom is 0.410 e. The number of hydrogen-bond acceptors (Lipinski definition) is 7. The van der Waals surface area contributed by atoms with Crippen LogP contribution in [0.1, 0.15) is 25.3 Å². The Kier molecular flexibility index (Phi) is 12.7. The molecule has 0 heterocycles. The van der Waals surface area contributed by atoms with Crippen LogP contribution in [0.5, 0.6) is 0 Å². The van der Waals surface area contributed by atoms with Gasteiger partial charge in [0.15, 0.2) is 0 Å². The molecule has 0 aromatic heterocycles. The number of urea groups is 1. The summed E-state index contributed by atoms with van der Waals surface area (Å²) < 4.78 is 5.11. The first-order chi connectivity index (χ1) is 16.7. The van der Waals surface area contributed by atoms with Gasteiger partial charge in [-0.25, -0.2) is 9.59 Å². The minimum Gasteiger partial charge on any atom is -0.480 e. The Morgan fingerprint density at radius 1 is 1.17 bits per heavy atom. The van der Waals surface area contributed by atoms with Gasteiger partial charge in [-0.05, 0) is 37.5 Å². The third-order valence-electron chi connectivity index (χ3n) is 4.52. The minimum absolute atomic E-state index is 0.0988. The third-order valence-corrected chi connectivity index (χ3v) is 4.52. The third kappa shape index (κ3) is 11.9. The molecular weight excluding hydrogens is 464 g/mol. The van der Waals surface area contributed by atoms with Crippen molar-refractivity contribution in [2.45, 2.75) is 32.4 Å². The lowest BCUT2D eigenvalue weighted by Crippen LogP contribution is -2.47. The zero-order valence-electron chi connectivity index (χ0n) is 19.2. The number of nitrogens with two attached hydrogens (primary N) is 1. The number of benzene rings is 1. The highest BCUT2D eigenvalue weighted by molar-refractivity contribution is 5.97. The number of carboxylic acid groups (broad SMARTS) is 1. The molecular formula is C21H30N6O8. The molecule has 0 saturated carbocycles. The van der Waals surface area contributed by atoms with Crippen molar-refractivity contribution in [2.24, 2.45) is 5.73 Å². The van der Waals surface area contributed by atoms with Gasteiger partial charge in [-0.3, -0.25) is 24.1 Å². The number of carbonyl (C=O) groups is 6. The van der Waals surface area contributed by atoms with Crippen molar-refractivity contribution in [1.82, 2.24) is 20.9 Å². The van der Waals surface area contributed by atoms with E-state index in [0.717, 1.165) is 4.90 Å². The predicted octanol–water partition coefficient (Wildman–Crippen LogP) is -0.652. The second kappa shape index (κ2) is 15.5. The molecule has 0 aliphatic heterocycles. The SMILES string of the molecule is CCN(CC(=O)O)C(=O)OCc1ccc(NC(=O)C(CCCNC(N)=O)NC(=O)CNC=O)cc1. The van der Waals surface area contributed by atoms with Gasteiger partial charge in [0.1, 0.15) is 19.2 Å². The number of carboxylic acids is 1. The quantitative estimate of drug-likeness (QED) is 0.136. The van der Waals surface area contributed by atoms with E-state index in [1.165, 1.54) is 0 Å². The van der Waals surface area contributed by atoms with E-state index in [2.05, 4.69) is 21.3 Å². The number of nitrogens with one attached hydrogen (secondary N) is 4. The van der Waals surface area contributed by atoms with Crippen molar-refractivity contribution in [3.63, 3.8) is 0 Å². The predicted molar refractivity (Wildman–Crippen MR) is 123 cm³/mol. The lowest BCUT2D eigenvalue weighted by molar-refractivity contribution is -0.138. The van der Waals surface area contributed by atoms with Gasteiger partial charge in [-0.1, -0.05) is 12.1 Å². The molecule has 6 amide bonds. The van der Waals surface area contributed by atoms with Crippen molar-refractivity contribution in [3.8, 4) is 0 Å². The summed E-state index contributed by atoms with van der Waals surface area (Å²) in [6.07, 6.45) is 0.136. The van der Waals surface area contributed by atoms with Crippen LogP contribution in [0.3, 0.4) is 0 Å². The van der Waals surface area contributed by atoms with E-state index in [1.54, 1.807) is 31.2 Å². The molecule has 0 aliphatic carbocycles. The van der Waals surface area contributed by atoms with Gasteiger partial charge in [0, 0.05) is 18.8 Å². The normalized spacial score (nSPS) is 10.9. The molecule has 1 rings (SSSR count). The number of amides is 6. The number of carbonyl (C=O) groups excluding carboxylic acids is 5. The van der Waals surface area contributed by atoms with Gasteiger partial charge in [0.25, 0.3) is 0 Å². The fourth-order valence-electron chi connectivity index (χ4n) is 2.79. The number of primary amides is 1. The summed E-state index contributed by atoms with van der Waals surface area (Å²) in [6.45, 7) is 1.14. The summed E-state index contributed by atoms with van der Waals surface area (Å²) in [5.74, 6) is -2.24. The Morgan fingerprint density at radius 2 is 1.86 bits per heavy atom. The van der Waals surface area contributed by atoms with Crippen molar-refractivity contribution in [2.75, 3.05) is 31.5 Å². The molecule has 0 bridgehead atoms. The molecule has 1 atom stereocenters. The number of aliphatic carboxylic acids is 1. The van der Waals surface area contributed by atoms with E-state index in [0.29, 0.717) is 24.1 Å². The topological polar surface area (TPSA) is 209 Å². The van der Waals surface area contributed by atoms with E-state index in [1.807, 2.05) is 0 Å². The first kappa shape index (κ1) is 28.7. The lowest BCUT2D eigenvalue weighted by Gasteiger charge is -2.19. The highest BCUT2D eigenvalue weighted by Gasteiger charge is 2.21. The minimum atomic E-state index is -1.15. The maximum absolute atomic E-state index is 12.7. The average Bonchev–Trinajstić information content (AvgIpc) is 2.82. The fourth-order valence-corrected chi connectivity index (χ4v) is 2.79. The summed E-state index contributed by atoms with van der Waals surface area (Å²) in [7, 11) is 0. The summed E-state index contributed by atoms with van der Waals surface area (Å²) in [6, 6.07) is 4.69. The van der Waals surface area contributed by atoms with Gasteiger partial charge < -0.3 is 36.8 Å². The molecule has 192 valence electrons. The molecule has 14 nitrogen and oxygen atoms in total. The molecule has 0 fully saturated rings. The Morgan fingerprint density at radius 3 is 2.43 bits per heavy atom. The standard InChI is InChI=1S/C21H30N6O8/c1-2-27(11-18(30)31)21(34)35-12-14-5-7-15(8-6-14)25-19(32)16(4-3-9-24-20(22)33)26-17(29)10-23-13-28/h5-8,13,16H,2-4,9-12H2,1H3,(H,23,28)(H,25,32)(H,26,29)(H,30,31)(H3,22,24,33). The fraction of sp³-hybridized carbons (Fsp3) is 0.429. The monoisotopic (exact) mass is 494 g/mol. The molecule has 0 aliphatic rings. The van der Waals surface area contributed by atoms with Gasteiger partial charge in [-0.2, -0.15) is 0 Å². The van der Waals surface area contributed by atoms with Crippen molar-refractivity contribution in [3.05, 3.63) is 29.8 Å². The molecule has 7 N–H and O–H groups in total. The van der Waals surface area contributed by atoms with Gasteiger partial charge in [0.2, 0.25) is 18.2 Å². The van der Waals surface area contributed by atoms with Crippen molar-refractivity contribution < 1.29 is 38.6 Å². The van der Waals surface area contributed by atoms with Crippen LogP contribution in [-0.4, -0.2) is 78.5 Å². The highest BCUT2D eigenvalue weighted by Crippen LogP contribution is 2.12. The first-order valence-electron chi connectivity index (χ1n) is 10.7. The number of likely N-dealkylation sites (N-methyl/N-ethyl adjacent to an activating group) is 1. The molecule has 0 radical (unpaired) electrons. The van der Waals surface area contributed by atoms with Crippen LogP contribution in [0.25, 0.3) is 0 Å². The number of hydrogen-bond donors (Lipinski definition) is 6. The molecule has 35 heavy (non-hydrogen) atoms. The molecule has 0 saturated heterocycles. The first-order valence-corrected chi connectivity index (χ1v) is 10.7. The molecule has 0 spiro atoms. The van der Waals surface area contributed by atoms with Crippen LogP contribution in [0.2, 0.25) is 0 Å². The summed E-state index contributed by atoms with van der Waals surface area (Å²) in [5, 5.41) is 18.6. The number of ether oxygens (including phenoxy) is 1. The molecule has 1 unspecified atom stereocenters. The van der Waals surface area contributed by atoms with Gasteiger partial charge in [-0.15, -0.1) is 0 Å². The molecule has 14 heteroatoms. The number of nitrogens with zero attached hydrogens (tertiary/aromatic N) is 1. The van der Waals surface area contributed by atoms with Crippen LogP contribution >= 0.6 is 0 Å². The zero-order chi connectivity index (χ0) is 26.2. The number of anilines is 1. The summed E-state index contributed by atoms with van der Waals surface area (Å²) in [4.78, 5) is 69.6.